The van der Waals surface area contributed by atoms with Gasteiger partial charge in [-0.1, -0.05) is 45.7 Å². The van der Waals surface area contributed by atoms with Crippen molar-refractivity contribution in [2.75, 3.05) is 11.9 Å². The standard InChI is InChI=1S/C16H26N2O/c1-4-13(5-2)11-16(19)18-15-9-7-8-14(10-15)12-17-6-3/h7-10,13,17H,4-6,11-12H2,1-3H3,(H,18,19). The molecule has 19 heavy (non-hydrogen) atoms. The van der Waals surface area contributed by atoms with E-state index < -0.39 is 0 Å². The highest BCUT2D eigenvalue weighted by molar-refractivity contribution is 5.90. The Labute approximate surface area is 116 Å². The second-order valence-electron chi connectivity index (χ2n) is 4.92. The fourth-order valence-electron chi connectivity index (χ4n) is 2.08. The summed E-state index contributed by atoms with van der Waals surface area (Å²) in [5, 5.41) is 6.27. The zero-order valence-electron chi connectivity index (χ0n) is 12.3. The van der Waals surface area contributed by atoms with E-state index in [4.69, 9.17) is 0 Å². The maximum absolute atomic E-state index is 11.9. The van der Waals surface area contributed by atoms with Crippen LogP contribution in [0.2, 0.25) is 0 Å². The lowest BCUT2D eigenvalue weighted by atomic mass is 9.99. The lowest BCUT2D eigenvalue weighted by molar-refractivity contribution is -0.117. The molecule has 106 valence electrons. The van der Waals surface area contributed by atoms with Crippen LogP contribution in [-0.4, -0.2) is 12.5 Å². The molecular formula is C16H26N2O. The van der Waals surface area contributed by atoms with Crippen molar-refractivity contribution in [3.63, 3.8) is 0 Å². The van der Waals surface area contributed by atoms with Crippen LogP contribution in [-0.2, 0) is 11.3 Å². The minimum Gasteiger partial charge on any atom is -0.326 e. The van der Waals surface area contributed by atoms with Crippen molar-refractivity contribution < 1.29 is 4.79 Å². The van der Waals surface area contributed by atoms with Gasteiger partial charge in [0.2, 0.25) is 5.91 Å². The predicted octanol–water partition coefficient (Wildman–Crippen LogP) is 3.56. The van der Waals surface area contributed by atoms with E-state index in [1.54, 1.807) is 0 Å². The van der Waals surface area contributed by atoms with Crippen LogP contribution in [0, 0.1) is 5.92 Å². The molecule has 0 aliphatic heterocycles. The van der Waals surface area contributed by atoms with Gasteiger partial charge in [-0.3, -0.25) is 4.79 Å². The average Bonchev–Trinajstić information content (AvgIpc) is 2.43. The van der Waals surface area contributed by atoms with Crippen molar-refractivity contribution >= 4 is 11.6 Å². The summed E-state index contributed by atoms with van der Waals surface area (Å²) in [6.45, 7) is 8.15. The van der Waals surface area contributed by atoms with Gasteiger partial charge in [0.25, 0.3) is 0 Å². The van der Waals surface area contributed by atoms with E-state index in [1.807, 2.05) is 18.2 Å². The fourth-order valence-corrected chi connectivity index (χ4v) is 2.08. The number of hydrogen-bond acceptors (Lipinski definition) is 2. The summed E-state index contributed by atoms with van der Waals surface area (Å²) in [6.07, 6.45) is 2.74. The molecule has 1 rings (SSSR count). The maximum Gasteiger partial charge on any atom is 0.224 e. The Kier molecular flexibility index (Phi) is 7.19. The minimum absolute atomic E-state index is 0.120. The summed E-state index contributed by atoms with van der Waals surface area (Å²) in [4.78, 5) is 11.9. The van der Waals surface area contributed by atoms with Crippen molar-refractivity contribution in [1.82, 2.24) is 5.32 Å². The second kappa shape index (κ2) is 8.70. The van der Waals surface area contributed by atoms with Gasteiger partial charge in [0, 0.05) is 18.7 Å². The average molecular weight is 262 g/mol. The van der Waals surface area contributed by atoms with Gasteiger partial charge in [0.1, 0.15) is 0 Å². The van der Waals surface area contributed by atoms with Gasteiger partial charge >= 0.3 is 0 Å². The Morgan fingerprint density at radius 2 is 1.95 bits per heavy atom. The molecule has 1 amide bonds. The number of carbonyl (C=O) groups excluding carboxylic acids is 1. The van der Waals surface area contributed by atoms with E-state index in [-0.39, 0.29) is 5.91 Å². The van der Waals surface area contributed by atoms with Crippen LogP contribution in [0.4, 0.5) is 5.69 Å². The summed E-state index contributed by atoms with van der Waals surface area (Å²) >= 11 is 0. The van der Waals surface area contributed by atoms with Crippen LogP contribution >= 0.6 is 0 Å². The van der Waals surface area contributed by atoms with Crippen molar-refractivity contribution in [3.05, 3.63) is 29.8 Å². The molecule has 0 unspecified atom stereocenters. The molecule has 0 bridgehead atoms. The fraction of sp³-hybridized carbons (Fsp3) is 0.562. The molecule has 0 aliphatic rings. The summed E-state index contributed by atoms with van der Waals surface area (Å²) in [7, 11) is 0. The second-order valence-corrected chi connectivity index (χ2v) is 4.92. The Bertz CT molecular complexity index is 386. The van der Waals surface area contributed by atoms with Gasteiger partial charge in [0.15, 0.2) is 0 Å². The van der Waals surface area contributed by atoms with Crippen molar-refractivity contribution in [2.24, 2.45) is 5.92 Å². The van der Waals surface area contributed by atoms with Gasteiger partial charge in [-0.05, 0) is 30.2 Å². The summed E-state index contributed by atoms with van der Waals surface area (Å²) < 4.78 is 0. The highest BCUT2D eigenvalue weighted by atomic mass is 16.1. The van der Waals surface area contributed by atoms with Gasteiger partial charge in [-0.15, -0.1) is 0 Å². The van der Waals surface area contributed by atoms with E-state index in [9.17, 15) is 4.79 Å². The first-order valence-corrected chi connectivity index (χ1v) is 7.29. The first-order valence-electron chi connectivity index (χ1n) is 7.29. The molecule has 1 aromatic rings. The molecule has 0 radical (unpaired) electrons. The Morgan fingerprint density at radius 1 is 1.21 bits per heavy atom. The topological polar surface area (TPSA) is 41.1 Å². The van der Waals surface area contributed by atoms with Crippen molar-refractivity contribution in [2.45, 2.75) is 46.6 Å². The smallest absolute Gasteiger partial charge is 0.224 e. The quantitative estimate of drug-likeness (QED) is 0.752. The van der Waals surface area contributed by atoms with E-state index in [0.29, 0.717) is 12.3 Å². The molecule has 0 atom stereocenters. The molecule has 0 saturated heterocycles. The molecule has 3 heteroatoms. The highest BCUT2D eigenvalue weighted by Crippen LogP contribution is 2.15. The SMILES string of the molecule is CCNCc1cccc(NC(=O)CC(CC)CC)c1. The van der Waals surface area contributed by atoms with E-state index in [0.717, 1.165) is 31.6 Å². The number of hydrogen-bond donors (Lipinski definition) is 2. The number of benzene rings is 1. The first-order chi connectivity index (χ1) is 9.19. The van der Waals surface area contributed by atoms with Crippen LogP contribution in [0.15, 0.2) is 24.3 Å². The summed E-state index contributed by atoms with van der Waals surface area (Å²) in [5.41, 5.74) is 2.09. The van der Waals surface area contributed by atoms with E-state index >= 15 is 0 Å². The van der Waals surface area contributed by atoms with Gasteiger partial charge < -0.3 is 10.6 Å². The summed E-state index contributed by atoms with van der Waals surface area (Å²) in [6, 6.07) is 8.03. The van der Waals surface area contributed by atoms with E-state index in [1.165, 1.54) is 5.56 Å². The normalized spacial score (nSPS) is 10.7. The van der Waals surface area contributed by atoms with Crippen LogP contribution in [0.25, 0.3) is 0 Å². The van der Waals surface area contributed by atoms with Gasteiger partial charge in [0.05, 0.1) is 0 Å². The molecule has 0 aliphatic carbocycles. The zero-order chi connectivity index (χ0) is 14.1. The third kappa shape index (κ3) is 5.88. The van der Waals surface area contributed by atoms with Crippen LogP contribution in [0.5, 0.6) is 0 Å². The van der Waals surface area contributed by atoms with Crippen LogP contribution in [0.3, 0.4) is 0 Å². The highest BCUT2D eigenvalue weighted by Gasteiger charge is 2.10. The molecule has 0 saturated carbocycles. The van der Waals surface area contributed by atoms with Crippen LogP contribution in [0.1, 0.15) is 45.6 Å². The lowest BCUT2D eigenvalue weighted by Gasteiger charge is -2.12. The monoisotopic (exact) mass is 262 g/mol. The van der Waals surface area contributed by atoms with Crippen molar-refractivity contribution in [1.29, 1.82) is 0 Å². The number of anilines is 1. The number of nitrogens with one attached hydrogen (secondary N) is 2. The lowest BCUT2D eigenvalue weighted by Crippen LogP contribution is -2.16. The van der Waals surface area contributed by atoms with Crippen molar-refractivity contribution in [3.8, 4) is 0 Å². The van der Waals surface area contributed by atoms with Crippen LogP contribution < -0.4 is 10.6 Å². The molecule has 0 heterocycles. The molecule has 0 aromatic heterocycles. The molecule has 1 aromatic carbocycles. The van der Waals surface area contributed by atoms with Gasteiger partial charge in [-0.2, -0.15) is 0 Å². The third-order valence-corrected chi connectivity index (χ3v) is 3.42. The number of carbonyl (C=O) groups is 1. The predicted molar refractivity (Wildman–Crippen MR) is 81.1 cm³/mol. The first kappa shape index (κ1) is 15.7. The minimum atomic E-state index is 0.120. The third-order valence-electron chi connectivity index (χ3n) is 3.42. The number of amides is 1. The Hall–Kier alpha value is -1.35. The largest absolute Gasteiger partial charge is 0.326 e. The van der Waals surface area contributed by atoms with Gasteiger partial charge in [-0.25, -0.2) is 0 Å². The maximum atomic E-state index is 11.9. The summed E-state index contributed by atoms with van der Waals surface area (Å²) in [5.74, 6) is 0.610. The Balaban J connectivity index is 2.53. The Morgan fingerprint density at radius 3 is 2.58 bits per heavy atom. The molecule has 0 fully saturated rings. The molecule has 3 nitrogen and oxygen atoms in total. The molecular weight excluding hydrogens is 236 g/mol. The van der Waals surface area contributed by atoms with E-state index in [2.05, 4.69) is 37.5 Å². The zero-order valence-corrected chi connectivity index (χ0v) is 12.3. The number of rotatable bonds is 8. The molecule has 0 spiro atoms. The molecule has 2 N–H and O–H groups in total.